The third-order valence-electron chi connectivity index (χ3n) is 2.32. The van der Waals surface area contributed by atoms with E-state index < -0.39 is 5.60 Å². The lowest BCUT2D eigenvalue weighted by Crippen LogP contribution is -2.22. The number of thioether (sulfide) groups is 1. The zero-order valence-electron chi connectivity index (χ0n) is 10.7. The first kappa shape index (κ1) is 13.8. The molecule has 0 saturated heterocycles. The maximum Gasteiger partial charge on any atom is 0.210 e. The number of rotatable bonds is 4. The van der Waals surface area contributed by atoms with Crippen molar-refractivity contribution in [2.24, 2.45) is 0 Å². The normalized spacial score (nSPS) is 11.8. The van der Waals surface area contributed by atoms with Crippen molar-refractivity contribution in [2.45, 2.75) is 24.6 Å². The van der Waals surface area contributed by atoms with Gasteiger partial charge in [0.2, 0.25) is 5.16 Å². The molecule has 0 fully saturated rings. The van der Waals surface area contributed by atoms with Crippen LogP contribution in [0, 0.1) is 5.82 Å². The molecule has 1 heterocycles. The number of nitrogens with zero attached hydrogens (tertiary/aromatic N) is 3. The van der Waals surface area contributed by atoms with E-state index in [1.807, 2.05) is 0 Å². The first-order chi connectivity index (χ1) is 8.87. The average molecular weight is 282 g/mol. The largest absolute Gasteiger partial charge is 0.390 e. The lowest BCUT2D eigenvalue weighted by molar-refractivity contribution is 0.107. The van der Waals surface area contributed by atoms with Gasteiger partial charge in [0.15, 0.2) is 5.82 Å². The number of nitrogens with two attached hydrogens (primary N) is 1. The second kappa shape index (κ2) is 5.18. The van der Waals surface area contributed by atoms with Crippen LogP contribution in [0.1, 0.15) is 13.8 Å². The minimum absolute atomic E-state index is 0.316. The Morgan fingerprint density at radius 3 is 2.53 bits per heavy atom. The first-order valence-corrected chi connectivity index (χ1v) is 6.67. The van der Waals surface area contributed by atoms with Gasteiger partial charge >= 0.3 is 0 Å². The Morgan fingerprint density at radius 2 is 1.95 bits per heavy atom. The van der Waals surface area contributed by atoms with Crippen LogP contribution in [-0.2, 0) is 0 Å². The number of benzene rings is 1. The van der Waals surface area contributed by atoms with E-state index in [1.54, 1.807) is 26.0 Å². The standard InChI is InChI=1S/C12H15FN4OS/c1-12(2,18)7-19-11-16-15-10(17(11)14)8-3-5-9(13)6-4-8/h3-6,18H,7,14H2,1-2H3. The molecule has 102 valence electrons. The van der Waals surface area contributed by atoms with Crippen molar-refractivity contribution in [2.75, 3.05) is 11.6 Å². The third kappa shape index (κ3) is 3.45. The van der Waals surface area contributed by atoms with Crippen molar-refractivity contribution >= 4 is 11.8 Å². The quantitative estimate of drug-likeness (QED) is 0.659. The topological polar surface area (TPSA) is 77.0 Å². The summed E-state index contributed by atoms with van der Waals surface area (Å²) in [5.74, 6) is 6.49. The summed E-state index contributed by atoms with van der Waals surface area (Å²) in [5, 5.41) is 18.1. The smallest absolute Gasteiger partial charge is 0.210 e. The molecule has 0 unspecified atom stereocenters. The zero-order valence-corrected chi connectivity index (χ0v) is 11.5. The number of aromatic nitrogens is 3. The summed E-state index contributed by atoms with van der Waals surface area (Å²) < 4.78 is 14.2. The van der Waals surface area contributed by atoms with Crippen LogP contribution in [0.25, 0.3) is 11.4 Å². The van der Waals surface area contributed by atoms with Crippen LogP contribution in [0.4, 0.5) is 4.39 Å². The molecule has 2 rings (SSSR count). The number of hydrogen-bond donors (Lipinski definition) is 2. The molecular formula is C12H15FN4OS. The number of hydrogen-bond acceptors (Lipinski definition) is 5. The van der Waals surface area contributed by atoms with Crippen LogP contribution in [0.2, 0.25) is 0 Å². The van der Waals surface area contributed by atoms with Crippen molar-refractivity contribution in [3.63, 3.8) is 0 Å². The van der Waals surface area contributed by atoms with Crippen molar-refractivity contribution in [1.82, 2.24) is 14.9 Å². The summed E-state index contributed by atoms with van der Waals surface area (Å²) in [6.07, 6.45) is 0. The molecule has 7 heteroatoms. The lowest BCUT2D eigenvalue weighted by atomic mass is 10.2. The van der Waals surface area contributed by atoms with E-state index in [9.17, 15) is 9.50 Å². The number of nitrogen functional groups attached to an aromatic ring is 1. The Bertz CT molecular complexity index is 562. The van der Waals surface area contributed by atoms with E-state index in [0.717, 1.165) is 0 Å². The maximum atomic E-state index is 12.9. The second-order valence-corrected chi connectivity index (χ2v) is 5.73. The molecule has 0 saturated carbocycles. The summed E-state index contributed by atoms with van der Waals surface area (Å²) in [5.41, 5.74) is -0.126. The minimum Gasteiger partial charge on any atom is -0.390 e. The molecule has 3 N–H and O–H groups in total. The third-order valence-corrected chi connectivity index (χ3v) is 3.71. The van der Waals surface area contributed by atoms with Gasteiger partial charge in [0.25, 0.3) is 0 Å². The van der Waals surface area contributed by atoms with Gasteiger partial charge in [0.05, 0.1) is 5.60 Å². The minimum atomic E-state index is -0.813. The molecule has 0 atom stereocenters. The van der Waals surface area contributed by atoms with Crippen molar-refractivity contribution in [1.29, 1.82) is 0 Å². The van der Waals surface area contributed by atoms with Crippen LogP contribution >= 0.6 is 11.8 Å². The van der Waals surface area contributed by atoms with Crippen LogP contribution in [0.3, 0.4) is 0 Å². The van der Waals surface area contributed by atoms with E-state index in [2.05, 4.69) is 10.2 Å². The number of aliphatic hydroxyl groups is 1. The molecule has 0 aliphatic rings. The van der Waals surface area contributed by atoms with Crippen molar-refractivity contribution in [3.8, 4) is 11.4 Å². The van der Waals surface area contributed by atoms with E-state index in [0.29, 0.717) is 22.3 Å². The molecule has 2 aromatic rings. The van der Waals surface area contributed by atoms with Crippen LogP contribution in [0.15, 0.2) is 29.4 Å². The molecule has 0 aliphatic carbocycles. The lowest BCUT2D eigenvalue weighted by Gasteiger charge is -2.15. The van der Waals surface area contributed by atoms with Crippen molar-refractivity contribution < 1.29 is 9.50 Å². The summed E-state index contributed by atoms with van der Waals surface area (Å²) in [6, 6.07) is 5.86. The van der Waals surface area contributed by atoms with Gasteiger partial charge in [-0.1, -0.05) is 11.8 Å². The van der Waals surface area contributed by atoms with E-state index in [-0.39, 0.29) is 5.82 Å². The van der Waals surface area contributed by atoms with E-state index in [4.69, 9.17) is 5.84 Å². The van der Waals surface area contributed by atoms with Crippen molar-refractivity contribution in [3.05, 3.63) is 30.1 Å². The molecule has 0 aliphatic heterocycles. The summed E-state index contributed by atoms with van der Waals surface area (Å²) >= 11 is 1.31. The molecule has 0 spiro atoms. The predicted molar refractivity (Wildman–Crippen MR) is 72.6 cm³/mol. The Hall–Kier alpha value is -1.60. The molecule has 0 amide bonds. The molecule has 19 heavy (non-hydrogen) atoms. The maximum absolute atomic E-state index is 12.9. The van der Waals surface area contributed by atoms with Gasteiger partial charge in [0.1, 0.15) is 5.82 Å². The summed E-state index contributed by atoms with van der Waals surface area (Å²) in [6.45, 7) is 3.41. The van der Waals surface area contributed by atoms with Crippen LogP contribution in [0.5, 0.6) is 0 Å². The van der Waals surface area contributed by atoms with Gasteiger partial charge < -0.3 is 10.9 Å². The van der Waals surface area contributed by atoms with Gasteiger partial charge in [-0.2, -0.15) is 0 Å². The monoisotopic (exact) mass is 282 g/mol. The van der Waals surface area contributed by atoms with Crippen LogP contribution in [-0.4, -0.2) is 31.3 Å². The Labute approximate surface area is 114 Å². The fraction of sp³-hybridized carbons (Fsp3) is 0.333. The van der Waals surface area contributed by atoms with Gasteiger partial charge in [0, 0.05) is 11.3 Å². The molecular weight excluding hydrogens is 267 g/mol. The molecule has 0 bridgehead atoms. The fourth-order valence-electron chi connectivity index (χ4n) is 1.41. The summed E-state index contributed by atoms with van der Waals surface area (Å²) in [7, 11) is 0. The van der Waals surface area contributed by atoms with Gasteiger partial charge in [-0.05, 0) is 38.1 Å². The van der Waals surface area contributed by atoms with Crippen LogP contribution < -0.4 is 5.84 Å². The number of halogens is 1. The van der Waals surface area contributed by atoms with E-state index >= 15 is 0 Å². The zero-order chi connectivity index (χ0) is 14.0. The highest BCUT2D eigenvalue weighted by Crippen LogP contribution is 2.24. The highest BCUT2D eigenvalue weighted by Gasteiger charge is 2.17. The Balaban J connectivity index is 2.20. The van der Waals surface area contributed by atoms with Gasteiger partial charge in [-0.3, -0.25) is 0 Å². The highest BCUT2D eigenvalue weighted by atomic mass is 32.2. The highest BCUT2D eigenvalue weighted by molar-refractivity contribution is 7.99. The molecule has 1 aromatic heterocycles. The Kier molecular flexibility index (Phi) is 3.77. The SMILES string of the molecule is CC(C)(O)CSc1nnc(-c2ccc(F)cc2)n1N. The fourth-order valence-corrected chi connectivity index (χ4v) is 2.22. The van der Waals surface area contributed by atoms with Gasteiger partial charge in [-0.25, -0.2) is 9.07 Å². The Morgan fingerprint density at radius 1 is 1.32 bits per heavy atom. The van der Waals surface area contributed by atoms with Gasteiger partial charge in [-0.15, -0.1) is 10.2 Å². The predicted octanol–water partition coefficient (Wildman–Crippen LogP) is 1.66. The first-order valence-electron chi connectivity index (χ1n) is 5.68. The summed E-state index contributed by atoms with van der Waals surface area (Å²) in [4.78, 5) is 0. The van der Waals surface area contributed by atoms with E-state index in [1.165, 1.54) is 28.6 Å². The molecule has 5 nitrogen and oxygen atoms in total. The molecule has 1 aromatic carbocycles. The molecule has 0 radical (unpaired) electrons. The average Bonchev–Trinajstić information content (AvgIpc) is 2.68. The second-order valence-electron chi connectivity index (χ2n) is 4.78.